The molecule has 11 aromatic rings. The highest BCUT2D eigenvalue weighted by Gasteiger charge is 2.24. The van der Waals surface area contributed by atoms with Gasteiger partial charge in [-0.25, -0.2) is 0 Å². The predicted molar refractivity (Wildman–Crippen MR) is 235 cm³/mol. The molecule has 0 fully saturated rings. The molecule has 11 rings (SSSR count). The van der Waals surface area contributed by atoms with E-state index in [0.29, 0.717) is 0 Å². The van der Waals surface area contributed by atoms with Gasteiger partial charge in [-0.15, -0.1) is 11.3 Å². The fourth-order valence-electron chi connectivity index (χ4n) is 8.11. The summed E-state index contributed by atoms with van der Waals surface area (Å²) >= 11 is 1.85. The molecule has 2 nitrogen and oxygen atoms in total. The minimum absolute atomic E-state index is 0.884. The number of anilines is 3. The van der Waals surface area contributed by atoms with Crippen LogP contribution in [0.25, 0.3) is 86.3 Å². The zero-order valence-corrected chi connectivity index (χ0v) is 30.6. The minimum Gasteiger partial charge on any atom is -0.454 e. The third-order valence-corrected chi connectivity index (χ3v) is 12.1. The first kappa shape index (κ1) is 31.6. The first-order valence-corrected chi connectivity index (χ1v) is 19.5. The van der Waals surface area contributed by atoms with E-state index in [-0.39, 0.29) is 0 Å². The molecule has 55 heavy (non-hydrogen) atoms. The number of hydrogen-bond donors (Lipinski definition) is 0. The summed E-state index contributed by atoms with van der Waals surface area (Å²) in [4.78, 5) is 2.37. The molecule has 2 aromatic heterocycles. The van der Waals surface area contributed by atoms with Gasteiger partial charge in [0.1, 0.15) is 5.58 Å². The van der Waals surface area contributed by atoms with Gasteiger partial charge in [0.2, 0.25) is 0 Å². The summed E-state index contributed by atoms with van der Waals surface area (Å²) < 4.78 is 9.40. The Kier molecular flexibility index (Phi) is 7.39. The van der Waals surface area contributed by atoms with Crippen LogP contribution in [-0.4, -0.2) is 0 Å². The summed E-state index contributed by atoms with van der Waals surface area (Å²) in [6.07, 6.45) is 0. The first-order valence-electron chi connectivity index (χ1n) is 18.7. The predicted octanol–water partition coefficient (Wildman–Crippen LogP) is 15.6. The van der Waals surface area contributed by atoms with Gasteiger partial charge in [0.05, 0.1) is 5.69 Å². The van der Waals surface area contributed by atoms with E-state index in [0.717, 1.165) is 39.0 Å². The molecular weight excluding hydrogens is 687 g/mol. The second kappa shape index (κ2) is 12.9. The van der Waals surface area contributed by atoms with Crippen molar-refractivity contribution in [2.45, 2.75) is 0 Å². The van der Waals surface area contributed by atoms with Crippen molar-refractivity contribution in [3.05, 3.63) is 200 Å². The van der Waals surface area contributed by atoms with E-state index in [2.05, 4.69) is 205 Å². The van der Waals surface area contributed by atoms with Gasteiger partial charge in [-0.2, -0.15) is 0 Å². The summed E-state index contributed by atoms with van der Waals surface area (Å²) in [6.45, 7) is 0. The molecule has 0 aliphatic heterocycles. The van der Waals surface area contributed by atoms with Crippen molar-refractivity contribution >= 4 is 81.3 Å². The van der Waals surface area contributed by atoms with Crippen LogP contribution in [0.1, 0.15) is 0 Å². The number of benzene rings is 9. The molecule has 0 atom stereocenters. The zero-order chi connectivity index (χ0) is 36.3. The van der Waals surface area contributed by atoms with E-state index in [9.17, 15) is 0 Å². The Hall–Kier alpha value is -6.94. The van der Waals surface area contributed by atoms with Gasteiger partial charge >= 0.3 is 0 Å². The maximum atomic E-state index is 6.90. The lowest BCUT2D eigenvalue weighted by atomic mass is 10.00. The van der Waals surface area contributed by atoms with Crippen molar-refractivity contribution in [2.24, 2.45) is 0 Å². The van der Waals surface area contributed by atoms with Crippen LogP contribution in [0.4, 0.5) is 17.1 Å². The van der Waals surface area contributed by atoms with E-state index in [1.54, 1.807) is 0 Å². The molecule has 0 spiro atoms. The molecule has 3 heteroatoms. The van der Waals surface area contributed by atoms with Crippen LogP contribution >= 0.6 is 11.3 Å². The number of furan rings is 1. The van der Waals surface area contributed by atoms with Crippen molar-refractivity contribution in [1.29, 1.82) is 0 Å². The van der Waals surface area contributed by atoms with Gasteiger partial charge in [0, 0.05) is 42.3 Å². The highest BCUT2D eigenvalue weighted by atomic mass is 32.1. The normalized spacial score (nSPS) is 11.6. The topological polar surface area (TPSA) is 16.4 Å². The second-order valence-corrected chi connectivity index (χ2v) is 15.2. The standard InChI is InChI=1S/C52H33NOS/c1-3-11-34(12-4-1)37-21-26-42(27-22-37)53(43-28-23-38(24-29-43)40-20-19-36-15-7-8-16-39(36)31-40)47-33-46-45-32-41(35-13-5-2-6-14-35)25-30-49(45)55-52(46)50-44-17-9-10-18-48(44)54-51(47)50/h1-33H. The largest absolute Gasteiger partial charge is 0.454 e. The first-order chi connectivity index (χ1) is 27.2. The molecule has 0 aliphatic carbocycles. The SMILES string of the molecule is c1ccc(-c2ccc(N(c3ccc(-c4ccc5ccccc5c4)cc3)c3cc4c5cc(-c6ccccc6)ccc5sc4c4c3oc3ccccc34)cc2)cc1. The molecule has 2 heterocycles. The van der Waals surface area contributed by atoms with Gasteiger partial charge in [0.15, 0.2) is 5.58 Å². The Morgan fingerprint density at radius 3 is 1.65 bits per heavy atom. The van der Waals surface area contributed by atoms with E-state index in [1.807, 2.05) is 11.3 Å². The van der Waals surface area contributed by atoms with Crippen LogP contribution in [0.15, 0.2) is 205 Å². The van der Waals surface area contributed by atoms with Crippen molar-refractivity contribution in [3.8, 4) is 33.4 Å². The Morgan fingerprint density at radius 2 is 0.927 bits per heavy atom. The molecule has 0 amide bonds. The highest BCUT2D eigenvalue weighted by molar-refractivity contribution is 7.26. The van der Waals surface area contributed by atoms with Gasteiger partial charge in [0.25, 0.3) is 0 Å². The van der Waals surface area contributed by atoms with E-state index in [1.165, 1.54) is 64.3 Å². The van der Waals surface area contributed by atoms with Gasteiger partial charge in [-0.3, -0.25) is 0 Å². The third kappa shape index (κ3) is 5.40. The lowest BCUT2D eigenvalue weighted by molar-refractivity contribution is 0.669. The number of fused-ring (bicyclic) bond motifs is 8. The minimum atomic E-state index is 0.884. The maximum Gasteiger partial charge on any atom is 0.160 e. The maximum absolute atomic E-state index is 6.90. The van der Waals surface area contributed by atoms with Crippen molar-refractivity contribution in [2.75, 3.05) is 4.90 Å². The highest BCUT2D eigenvalue weighted by Crippen LogP contribution is 2.50. The van der Waals surface area contributed by atoms with Crippen LogP contribution in [-0.2, 0) is 0 Å². The van der Waals surface area contributed by atoms with Crippen molar-refractivity contribution < 1.29 is 4.42 Å². The third-order valence-electron chi connectivity index (χ3n) is 10.9. The second-order valence-electron chi connectivity index (χ2n) is 14.1. The Morgan fingerprint density at radius 1 is 0.382 bits per heavy atom. The van der Waals surface area contributed by atoms with Crippen LogP contribution in [0, 0.1) is 0 Å². The van der Waals surface area contributed by atoms with Crippen molar-refractivity contribution in [1.82, 2.24) is 0 Å². The van der Waals surface area contributed by atoms with E-state index < -0.39 is 0 Å². The lowest BCUT2D eigenvalue weighted by Crippen LogP contribution is -2.10. The molecule has 9 aromatic carbocycles. The Bertz CT molecular complexity index is 3180. The molecule has 0 radical (unpaired) electrons. The summed E-state index contributed by atoms with van der Waals surface area (Å²) in [6, 6.07) is 72.1. The number of para-hydroxylation sites is 1. The van der Waals surface area contributed by atoms with Crippen molar-refractivity contribution in [3.63, 3.8) is 0 Å². The molecular formula is C52H33NOS. The zero-order valence-electron chi connectivity index (χ0n) is 29.8. The number of nitrogens with zero attached hydrogens (tertiary/aromatic N) is 1. The number of hydrogen-bond acceptors (Lipinski definition) is 3. The smallest absolute Gasteiger partial charge is 0.160 e. The molecule has 0 aliphatic rings. The summed E-state index contributed by atoms with van der Waals surface area (Å²) in [5, 5.41) is 7.25. The fourth-order valence-corrected chi connectivity index (χ4v) is 9.33. The quantitative estimate of drug-likeness (QED) is 0.170. The monoisotopic (exact) mass is 719 g/mol. The van der Waals surface area contributed by atoms with E-state index >= 15 is 0 Å². The molecule has 0 N–H and O–H groups in total. The van der Waals surface area contributed by atoms with Crippen LogP contribution < -0.4 is 4.90 Å². The Labute approximate surface area is 322 Å². The van der Waals surface area contributed by atoms with Gasteiger partial charge in [-0.05, 0) is 98.8 Å². The molecule has 258 valence electrons. The van der Waals surface area contributed by atoms with Gasteiger partial charge < -0.3 is 9.32 Å². The summed E-state index contributed by atoms with van der Waals surface area (Å²) in [7, 11) is 0. The Balaban J connectivity index is 1.15. The molecule has 0 saturated heterocycles. The number of rotatable bonds is 6. The molecule has 0 bridgehead atoms. The lowest BCUT2D eigenvalue weighted by Gasteiger charge is -2.26. The molecule has 0 unspecified atom stereocenters. The summed E-state index contributed by atoms with van der Waals surface area (Å²) in [5.74, 6) is 0. The molecule has 0 saturated carbocycles. The average Bonchev–Trinajstić information content (AvgIpc) is 3.83. The fraction of sp³-hybridized carbons (Fsp3) is 0. The van der Waals surface area contributed by atoms with Crippen LogP contribution in [0.3, 0.4) is 0 Å². The van der Waals surface area contributed by atoms with Crippen LogP contribution in [0.5, 0.6) is 0 Å². The van der Waals surface area contributed by atoms with Gasteiger partial charge in [-0.1, -0.05) is 146 Å². The van der Waals surface area contributed by atoms with Crippen LogP contribution in [0.2, 0.25) is 0 Å². The summed E-state index contributed by atoms with van der Waals surface area (Å²) in [5.41, 5.74) is 12.1. The van der Waals surface area contributed by atoms with E-state index in [4.69, 9.17) is 4.42 Å². The number of thiophene rings is 1. The average molecular weight is 720 g/mol.